The fourth-order valence-corrected chi connectivity index (χ4v) is 2.58. The van der Waals surface area contributed by atoms with Gasteiger partial charge in [0.25, 0.3) is 0 Å². The third-order valence-corrected chi connectivity index (χ3v) is 4.30. The monoisotopic (exact) mass is 395 g/mol. The molecule has 2 aromatic carbocycles. The zero-order chi connectivity index (χ0) is 20.9. The number of ether oxygens (including phenoxy) is 1. The Morgan fingerprint density at radius 1 is 1.07 bits per heavy atom. The molecule has 1 atom stereocenters. The summed E-state index contributed by atoms with van der Waals surface area (Å²) in [6.45, 7) is 2.57. The van der Waals surface area contributed by atoms with E-state index in [0.29, 0.717) is 5.56 Å². The largest absolute Gasteiger partial charge is 0.481 e. The highest BCUT2D eigenvalue weighted by Crippen LogP contribution is 2.37. The van der Waals surface area contributed by atoms with E-state index in [2.05, 4.69) is 5.32 Å². The minimum atomic E-state index is -4.60. The van der Waals surface area contributed by atoms with Gasteiger partial charge in [-0.3, -0.25) is 4.79 Å². The maximum atomic E-state index is 13.0. The summed E-state index contributed by atoms with van der Waals surface area (Å²) < 4.78 is 44.2. The van der Waals surface area contributed by atoms with Gasteiger partial charge in [0.1, 0.15) is 6.61 Å². The molecule has 0 aliphatic rings. The molecule has 0 heterocycles. The first-order valence-electron chi connectivity index (χ1n) is 8.39. The van der Waals surface area contributed by atoms with Crippen molar-refractivity contribution in [1.29, 1.82) is 0 Å². The van der Waals surface area contributed by atoms with E-state index in [9.17, 15) is 27.9 Å². The van der Waals surface area contributed by atoms with Crippen molar-refractivity contribution in [1.82, 2.24) is 5.32 Å². The highest BCUT2D eigenvalue weighted by Gasteiger charge is 2.40. The molecule has 0 aliphatic heterocycles. The molecular weight excluding hydrogens is 375 g/mol. The number of carbonyl (C=O) groups excluding carboxylic acids is 1. The van der Waals surface area contributed by atoms with Crippen LogP contribution in [0.3, 0.4) is 0 Å². The minimum Gasteiger partial charge on any atom is -0.481 e. The first kappa shape index (κ1) is 21.3. The Balaban J connectivity index is 2.25. The van der Waals surface area contributed by atoms with E-state index >= 15 is 0 Å². The van der Waals surface area contributed by atoms with Gasteiger partial charge in [0.05, 0.1) is 17.0 Å². The van der Waals surface area contributed by atoms with E-state index in [0.717, 1.165) is 12.1 Å². The highest BCUT2D eigenvalue weighted by molar-refractivity contribution is 5.77. The highest BCUT2D eigenvalue weighted by atomic mass is 19.4. The van der Waals surface area contributed by atoms with Crippen molar-refractivity contribution in [3.8, 4) is 0 Å². The van der Waals surface area contributed by atoms with Crippen LogP contribution in [0.15, 0.2) is 54.6 Å². The Kier molecular flexibility index (Phi) is 6.33. The van der Waals surface area contributed by atoms with Crippen molar-refractivity contribution in [3.63, 3.8) is 0 Å². The number of hydrogen-bond acceptors (Lipinski definition) is 3. The molecule has 2 N–H and O–H groups in total. The molecule has 0 fully saturated rings. The van der Waals surface area contributed by atoms with Crippen LogP contribution < -0.4 is 5.32 Å². The van der Waals surface area contributed by atoms with Crippen molar-refractivity contribution in [2.75, 3.05) is 0 Å². The molecule has 0 radical (unpaired) electrons. The Bertz CT molecular complexity index is 835. The first-order valence-corrected chi connectivity index (χ1v) is 8.39. The average Bonchev–Trinajstić information content (AvgIpc) is 2.64. The van der Waals surface area contributed by atoms with E-state index in [4.69, 9.17) is 4.74 Å². The SMILES string of the molecule is CC(C)(C(=O)O)[C@H](NC(=O)OCc1ccccc1)c1cccc(C(F)(F)F)c1. The van der Waals surface area contributed by atoms with E-state index in [1.807, 2.05) is 0 Å². The third kappa shape index (κ3) is 5.25. The number of carboxylic acids is 1. The maximum Gasteiger partial charge on any atom is 0.416 e. The predicted molar refractivity (Wildman–Crippen MR) is 95.4 cm³/mol. The fraction of sp³-hybridized carbons (Fsp3) is 0.300. The number of aliphatic carboxylic acids is 1. The standard InChI is InChI=1S/C20H20F3NO4/c1-19(2,17(25)26)16(14-9-6-10-15(11-14)20(21,22)23)24-18(27)28-12-13-7-4-3-5-8-13/h3-11,16H,12H2,1-2H3,(H,24,27)(H,25,26)/t16-/m1/s1. The summed E-state index contributed by atoms with van der Waals surface area (Å²) in [6, 6.07) is 11.7. The summed E-state index contributed by atoms with van der Waals surface area (Å²) in [5.74, 6) is -1.28. The molecule has 0 saturated carbocycles. The number of alkyl halides is 3. The van der Waals surface area contributed by atoms with Crippen LogP contribution in [-0.4, -0.2) is 17.2 Å². The third-order valence-electron chi connectivity index (χ3n) is 4.30. The quantitative estimate of drug-likeness (QED) is 0.738. The molecule has 8 heteroatoms. The van der Waals surface area contributed by atoms with Crippen LogP contribution in [-0.2, 0) is 22.3 Å². The maximum absolute atomic E-state index is 13.0. The van der Waals surface area contributed by atoms with Crippen LogP contribution >= 0.6 is 0 Å². The van der Waals surface area contributed by atoms with Crippen molar-refractivity contribution in [2.45, 2.75) is 32.7 Å². The molecule has 0 aromatic heterocycles. The lowest BCUT2D eigenvalue weighted by Crippen LogP contribution is -2.42. The van der Waals surface area contributed by atoms with Gasteiger partial charge in [-0.25, -0.2) is 4.79 Å². The Labute approximate surface area is 160 Å². The van der Waals surface area contributed by atoms with Crippen LogP contribution in [0.5, 0.6) is 0 Å². The molecule has 5 nitrogen and oxygen atoms in total. The zero-order valence-corrected chi connectivity index (χ0v) is 15.3. The molecule has 0 bridgehead atoms. The van der Waals surface area contributed by atoms with E-state index in [-0.39, 0.29) is 12.2 Å². The number of alkyl carbamates (subject to hydrolysis) is 1. The topological polar surface area (TPSA) is 75.6 Å². The van der Waals surface area contributed by atoms with Gasteiger partial charge >= 0.3 is 18.2 Å². The van der Waals surface area contributed by atoms with Gasteiger partial charge in [0.2, 0.25) is 0 Å². The van der Waals surface area contributed by atoms with Crippen molar-refractivity contribution >= 4 is 12.1 Å². The second-order valence-corrected chi connectivity index (χ2v) is 6.79. The summed E-state index contributed by atoms with van der Waals surface area (Å²) in [5, 5.41) is 11.9. The van der Waals surface area contributed by atoms with Gasteiger partial charge in [-0.05, 0) is 37.1 Å². The van der Waals surface area contributed by atoms with Crippen molar-refractivity contribution in [2.24, 2.45) is 5.41 Å². The molecule has 150 valence electrons. The van der Waals surface area contributed by atoms with Gasteiger partial charge in [0, 0.05) is 0 Å². The summed E-state index contributed by atoms with van der Waals surface area (Å²) in [4.78, 5) is 23.9. The fourth-order valence-electron chi connectivity index (χ4n) is 2.58. The van der Waals surface area contributed by atoms with Crippen LogP contribution in [0.2, 0.25) is 0 Å². The van der Waals surface area contributed by atoms with Crippen LogP contribution in [0.25, 0.3) is 0 Å². The summed E-state index contributed by atoms with van der Waals surface area (Å²) >= 11 is 0. The average molecular weight is 395 g/mol. The molecule has 0 aliphatic carbocycles. The molecule has 1 amide bonds. The smallest absolute Gasteiger partial charge is 0.416 e. The number of carboxylic acid groups (broad SMARTS) is 1. The predicted octanol–water partition coefficient (Wildman–Crippen LogP) is 4.78. The minimum absolute atomic E-state index is 0.0129. The van der Waals surface area contributed by atoms with E-state index in [1.165, 1.54) is 26.0 Å². The lowest BCUT2D eigenvalue weighted by molar-refractivity contribution is -0.148. The van der Waals surface area contributed by atoms with Crippen LogP contribution in [0, 0.1) is 5.41 Å². The first-order chi connectivity index (χ1) is 13.0. The number of halogens is 3. The van der Waals surface area contributed by atoms with Crippen LogP contribution in [0.4, 0.5) is 18.0 Å². The second kappa shape index (κ2) is 8.33. The summed E-state index contributed by atoms with van der Waals surface area (Å²) in [6.07, 6.45) is -5.53. The van der Waals surface area contributed by atoms with Gasteiger partial charge < -0.3 is 15.2 Å². The molecule has 28 heavy (non-hydrogen) atoms. The van der Waals surface area contributed by atoms with Gasteiger partial charge in [0.15, 0.2) is 0 Å². The van der Waals surface area contributed by atoms with Gasteiger partial charge in [-0.15, -0.1) is 0 Å². The number of nitrogens with one attached hydrogen (secondary N) is 1. The Hall–Kier alpha value is -3.03. The number of benzene rings is 2. The molecule has 2 aromatic rings. The number of rotatable bonds is 6. The van der Waals surface area contributed by atoms with Crippen molar-refractivity contribution < 1.29 is 32.6 Å². The lowest BCUT2D eigenvalue weighted by Gasteiger charge is -2.31. The second-order valence-electron chi connectivity index (χ2n) is 6.79. The summed E-state index contributed by atoms with van der Waals surface area (Å²) in [7, 11) is 0. The van der Waals surface area contributed by atoms with E-state index in [1.54, 1.807) is 30.3 Å². The molecule has 0 spiro atoms. The molecule has 0 unspecified atom stereocenters. The van der Waals surface area contributed by atoms with Gasteiger partial charge in [-0.2, -0.15) is 13.2 Å². The Morgan fingerprint density at radius 3 is 2.29 bits per heavy atom. The normalized spacial score (nSPS) is 12.9. The van der Waals surface area contributed by atoms with Crippen LogP contribution in [0.1, 0.15) is 36.6 Å². The molecule has 0 saturated heterocycles. The number of hydrogen-bond donors (Lipinski definition) is 2. The molecular formula is C20H20F3NO4. The van der Waals surface area contributed by atoms with Gasteiger partial charge in [-0.1, -0.05) is 42.5 Å². The van der Waals surface area contributed by atoms with E-state index < -0.39 is 35.3 Å². The summed E-state index contributed by atoms with van der Waals surface area (Å²) in [5.41, 5.74) is -1.80. The lowest BCUT2D eigenvalue weighted by atomic mass is 9.80. The number of carbonyl (C=O) groups is 2. The van der Waals surface area contributed by atoms with Crippen molar-refractivity contribution in [3.05, 3.63) is 71.3 Å². The molecule has 2 rings (SSSR count). The number of amides is 1. The Morgan fingerprint density at radius 2 is 1.71 bits per heavy atom. The zero-order valence-electron chi connectivity index (χ0n) is 15.3.